The zero-order chi connectivity index (χ0) is 12.4. The summed E-state index contributed by atoms with van der Waals surface area (Å²) in [6.45, 7) is 6.78. The number of aliphatic hydroxyl groups is 2. The average molecular weight is 238 g/mol. The maximum Gasteiger partial charge on any atom is 0.0755 e. The van der Waals surface area contributed by atoms with Gasteiger partial charge in [-0.25, -0.2) is 0 Å². The van der Waals surface area contributed by atoms with E-state index in [1.165, 1.54) is 12.8 Å². The lowest BCUT2D eigenvalue weighted by Crippen LogP contribution is -2.67. The molecule has 0 aromatic heterocycles. The highest BCUT2D eigenvalue weighted by Gasteiger charge is 2.64. The van der Waals surface area contributed by atoms with Crippen molar-refractivity contribution < 1.29 is 10.2 Å². The normalized spacial score (nSPS) is 53.1. The molecule has 0 unspecified atom stereocenters. The van der Waals surface area contributed by atoms with E-state index >= 15 is 0 Å². The van der Waals surface area contributed by atoms with Crippen LogP contribution in [0.5, 0.6) is 0 Å². The van der Waals surface area contributed by atoms with E-state index in [0.29, 0.717) is 23.7 Å². The van der Waals surface area contributed by atoms with Crippen LogP contribution in [0.4, 0.5) is 0 Å². The fourth-order valence-electron chi connectivity index (χ4n) is 5.50. The first-order chi connectivity index (χ1) is 7.88. The Kier molecular flexibility index (Phi) is 2.45. The van der Waals surface area contributed by atoms with Crippen molar-refractivity contribution in [1.29, 1.82) is 0 Å². The zero-order valence-corrected chi connectivity index (χ0v) is 11.3. The third-order valence-corrected chi connectivity index (χ3v) is 6.15. The molecule has 6 atom stereocenters. The van der Waals surface area contributed by atoms with E-state index in [1.807, 2.05) is 0 Å². The number of rotatable bonds is 1. The number of hydrogen-bond donors (Lipinski definition) is 2. The quantitative estimate of drug-likeness (QED) is 0.736. The van der Waals surface area contributed by atoms with Gasteiger partial charge >= 0.3 is 0 Å². The van der Waals surface area contributed by atoms with E-state index in [-0.39, 0.29) is 12.0 Å². The third-order valence-electron chi connectivity index (χ3n) is 6.15. The minimum atomic E-state index is -0.548. The summed E-state index contributed by atoms with van der Waals surface area (Å²) in [6, 6.07) is 0. The van der Waals surface area contributed by atoms with Gasteiger partial charge < -0.3 is 10.2 Å². The summed E-state index contributed by atoms with van der Waals surface area (Å²) in [5.74, 6) is 2.68. The SMILES string of the molecule is CC(C)(C)[C@@]1(O)[C@H]2C[C@@H]3C[C@H](C2)[C@H](CO)[C@H]1C3. The van der Waals surface area contributed by atoms with Crippen LogP contribution in [0.15, 0.2) is 0 Å². The highest BCUT2D eigenvalue weighted by atomic mass is 16.3. The fraction of sp³-hybridized carbons (Fsp3) is 1.00. The third kappa shape index (κ3) is 1.40. The second-order valence-corrected chi connectivity index (χ2v) is 7.79. The van der Waals surface area contributed by atoms with Crippen LogP contribution in [0.2, 0.25) is 0 Å². The molecule has 4 bridgehead atoms. The molecule has 0 radical (unpaired) electrons. The molecule has 2 nitrogen and oxygen atoms in total. The highest BCUT2D eigenvalue weighted by molar-refractivity contribution is 5.13. The lowest BCUT2D eigenvalue weighted by Gasteiger charge is -2.66. The molecule has 0 spiro atoms. The number of aliphatic hydroxyl groups excluding tert-OH is 1. The predicted octanol–water partition coefficient (Wildman–Crippen LogP) is 2.44. The van der Waals surface area contributed by atoms with E-state index in [2.05, 4.69) is 20.8 Å². The monoisotopic (exact) mass is 238 g/mol. The van der Waals surface area contributed by atoms with Crippen molar-refractivity contribution in [2.75, 3.05) is 6.61 Å². The van der Waals surface area contributed by atoms with Crippen LogP contribution >= 0.6 is 0 Å². The lowest BCUT2D eigenvalue weighted by atomic mass is 9.42. The van der Waals surface area contributed by atoms with Gasteiger partial charge in [0.05, 0.1) is 5.60 Å². The van der Waals surface area contributed by atoms with Gasteiger partial charge in [0, 0.05) is 6.61 Å². The summed E-state index contributed by atoms with van der Waals surface area (Å²) < 4.78 is 0. The molecular formula is C15H26O2. The van der Waals surface area contributed by atoms with Gasteiger partial charge in [0.15, 0.2) is 0 Å². The van der Waals surface area contributed by atoms with Crippen molar-refractivity contribution in [3.63, 3.8) is 0 Å². The molecule has 4 aliphatic rings. The van der Waals surface area contributed by atoms with Crippen molar-refractivity contribution in [1.82, 2.24) is 0 Å². The largest absolute Gasteiger partial charge is 0.396 e. The molecule has 4 aliphatic carbocycles. The Bertz CT molecular complexity index is 319. The second-order valence-electron chi connectivity index (χ2n) is 7.79. The Morgan fingerprint density at radius 3 is 2.41 bits per heavy atom. The molecule has 4 saturated carbocycles. The molecule has 0 aromatic rings. The van der Waals surface area contributed by atoms with Gasteiger partial charge in [-0.05, 0) is 60.7 Å². The second kappa shape index (κ2) is 3.48. The molecule has 17 heavy (non-hydrogen) atoms. The van der Waals surface area contributed by atoms with Gasteiger partial charge in [0.1, 0.15) is 0 Å². The van der Waals surface area contributed by atoms with Gasteiger partial charge in [0.2, 0.25) is 0 Å². The van der Waals surface area contributed by atoms with E-state index in [0.717, 1.165) is 18.8 Å². The van der Waals surface area contributed by atoms with Crippen LogP contribution in [-0.4, -0.2) is 22.4 Å². The summed E-state index contributed by atoms with van der Waals surface area (Å²) in [5, 5.41) is 21.0. The molecule has 4 fully saturated rings. The van der Waals surface area contributed by atoms with Crippen LogP contribution < -0.4 is 0 Å². The van der Waals surface area contributed by atoms with E-state index in [1.54, 1.807) is 0 Å². The van der Waals surface area contributed by atoms with Crippen molar-refractivity contribution in [3.05, 3.63) is 0 Å². The Labute approximate surface area is 104 Å². The Balaban J connectivity index is 2.01. The molecule has 0 amide bonds. The van der Waals surface area contributed by atoms with E-state index < -0.39 is 5.60 Å². The van der Waals surface area contributed by atoms with Crippen LogP contribution in [0.1, 0.15) is 46.5 Å². The fourth-order valence-corrected chi connectivity index (χ4v) is 5.50. The molecule has 0 heterocycles. The van der Waals surface area contributed by atoms with Crippen molar-refractivity contribution >= 4 is 0 Å². The summed E-state index contributed by atoms with van der Waals surface area (Å²) in [7, 11) is 0. The minimum Gasteiger partial charge on any atom is -0.396 e. The summed E-state index contributed by atoms with van der Waals surface area (Å²) in [5.41, 5.74) is -0.614. The summed E-state index contributed by atoms with van der Waals surface area (Å²) in [6.07, 6.45) is 4.81. The average Bonchev–Trinajstić information content (AvgIpc) is 2.23. The van der Waals surface area contributed by atoms with Crippen LogP contribution in [0.25, 0.3) is 0 Å². The minimum absolute atomic E-state index is 0.0664. The van der Waals surface area contributed by atoms with Crippen molar-refractivity contribution in [2.45, 2.75) is 52.1 Å². The molecular weight excluding hydrogens is 212 g/mol. The maximum atomic E-state index is 11.3. The van der Waals surface area contributed by atoms with Gasteiger partial charge in [-0.2, -0.15) is 0 Å². The molecule has 0 aliphatic heterocycles. The topological polar surface area (TPSA) is 40.5 Å². The van der Waals surface area contributed by atoms with E-state index in [4.69, 9.17) is 0 Å². The molecule has 2 heteroatoms. The Morgan fingerprint density at radius 2 is 1.82 bits per heavy atom. The molecule has 98 valence electrons. The lowest BCUT2D eigenvalue weighted by molar-refractivity contribution is -0.250. The van der Waals surface area contributed by atoms with Crippen LogP contribution in [0.3, 0.4) is 0 Å². The smallest absolute Gasteiger partial charge is 0.0755 e. The van der Waals surface area contributed by atoms with Crippen LogP contribution in [0, 0.1) is 35.0 Å². The summed E-state index contributed by atoms with van der Waals surface area (Å²) >= 11 is 0. The van der Waals surface area contributed by atoms with Gasteiger partial charge in [0.25, 0.3) is 0 Å². The molecule has 4 rings (SSSR count). The predicted molar refractivity (Wildman–Crippen MR) is 67.4 cm³/mol. The first kappa shape index (κ1) is 12.0. The van der Waals surface area contributed by atoms with E-state index in [9.17, 15) is 10.2 Å². The molecule has 0 saturated heterocycles. The first-order valence-corrected chi connectivity index (χ1v) is 7.21. The number of hydrogen-bond acceptors (Lipinski definition) is 2. The molecule has 2 N–H and O–H groups in total. The zero-order valence-electron chi connectivity index (χ0n) is 11.3. The Morgan fingerprint density at radius 1 is 1.12 bits per heavy atom. The first-order valence-electron chi connectivity index (χ1n) is 7.21. The van der Waals surface area contributed by atoms with Crippen molar-refractivity contribution in [2.24, 2.45) is 35.0 Å². The highest BCUT2D eigenvalue weighted by Crippen LogP contribution is 2.64. The van der Waals surface area contributed by atoms with Crippen molar-refractivity contribution in [3.8, 4) is 0 Å². The van der Waals surface area contributed by atoms with Gasteiger partial charge in [-0.1, -0.05) is 20.8 Å². The van der Waals surface area contributed by atoms with Gasteiger partial charge in [-0.3, -0.25) is 0 Å². The standard InChI is InChI=1S/C15H26O2/c1-14(2,3)15(17)11-5-9-4-10(7-11)12(8-16)13(15)6-9/h9-13,16-17H,4-8H2,1-3H3/t9-,10+,11-,12-,13+,15+/m0/s1. The molecule has 0 aromatic carbocycles. The van der Waals surface area contributed by atoms with Gasteiger partial charge in [-0.15, -0.1) is 0 Å². The summed E-state index contributed by atoms with van der Waals surface area (Å²) in [4.78, 5) is 0. The maximum absolute atomic E-state index is 11.3. The Hall–Kier alpha value is -0.0800. The van der Waals surface area contributed by atoms with Crippen LogP contribution in [-0.2, 0) is 0 Å².